The second-order valence-corrected chi connectivity index (χ2v) is 4.31. The van der Waals surface area contributed by atoms with Crippen molar-refractivity contribution in [1.29, 1.82) is 0 Å². The van der Waals surface area contributed by atoms with Crippen LogP contribution in [0, 0.1) is 0 Å². The Kier molecular flexibility index (Phi) is 4.10. The molecular weight excluding hydrogens is 226 g/mol. The van der Waals surface area contributed by atoms with Gasteiger partial charge in [-0.25, -0.2) is 9.67 Å². The molecule has 4 nitrogen and oxygen atoms in total. The number of ether oxygens (including phenoxy) is 1. The zero-order valence-electron chi connectivity index (χ0n) is 11.1. The molecule has 1 atom stereocenters. The van der Waals surface area contributed by atoms with E-state index in [9.17, 15) is 0 Å². The Labute approximate surface area is 108 Å². The monoisotopic (exact) mass is 245 g/mol. The number of methoxy groups -OCH3 is 1. The molecule has 1 heterocycles. The highest BCUT2D eigenvalue weighted by atomic mass is 16.5. The van der Waals surface area contributed by atoms with Crippen molar-refractivity contribution < 1.29 is 4.74 Å². The molecule has 0 saturated heterocycles. The average molecular weight is 245 g/mol. The van der Waals surface area contributed by atoms with Gasteiger partial charge >= 0.3 is 0 Å². The fourth-order valence-corrected chi connectivity index (χ4v) is 1.90. The molecule has 0 saturated carbocycles. The zero-order chi connectivity index (χ0) is 13.0. The van der Waals surface area contributed by atoms with Crippen molar-refractivity contribution in [2.24, 2.45) is 0 Å². The summed E-state index contributed by atoms with van der Waals surface area (Å²) in [6.07, 6.45) is 2.78. The number of hydrogen-bond donors (Lipinski definition) is 0. The number of nitrogens with zero attached hydrogens (tertiary/aromatic N) is 3. The van der Waals surface area contributed by atoms with E-state index in [0.717, 1.165) is 24.4 Å². The van der Waals surface area contributed by atoms with Crippen molar-refractivity contribution in [3.05, 3.63) is 36.2 Å². The zero-order valence-corrected chi connectivity index (χ0v) is 11.1. The lowest BCUT2D eigenvalue weighted by molar-refractivity contribution is 0.119. The molecule has 1 aromatic heterocycles. The maximum Gasteiger partial charge on any atom is 0.158 e. The second-order valence-electron chi connectivity index (χ2n) is 4.31. The van der Waals surface area contributed by atoms with E-state index in [-0.39, 0.29) is 6.10 Å². The minimum absolute atomic E-state index is 0.118. The molecule has 0 unspecified atom stereocenters. The number of aryl methyl sites for hydroxylation is 1. The summed E-state index contributed by atoms with van der Waals surface area (Å²) >= 11 is 0. The molecule has 0 bridgehead atoms. The van der Waals surface area contributed by atoms with Crippen molar-refractivity contribution >= 4 is 0 Å². The van der Waals surface area contributed by atoms with Gasteiger partial charge in [0.25, 0.3) is 0 Å². The lowest BCUT2D eigenvalue weighted by Crippen LogP contribution is -2.02. The molecule has 0 aliphatic heterocycles. The van der Waals surface area contributed by atoms with Gasteiger partial charge in [-0.3, -0.25) is 0 Å². The largest absolute Gasteiger partial charge is 0.377 e. The van der Waals surface area contributed by atoms with Gasteiger partial charge in [0.2, 0.25) is 0 Å². The molecule has 0 aliphatic rings. The summed E-state index contributed by atoms with van der Waals surface area (Å²) in [6.45, 7) is 5.06. The van der Waals surface area contributed by atoms with Gasteiger partial charge in [-0.05, 0) is 18.9 Å². The Morgan fingerprint density at radius 1 is 1.28 bits per heavy atom. The Hall–Kier alpha value is -1.68. The van der Waals surface area contributed by atoms with E-state index in [1.165, 1.54) is 5.56 Å². The molecule has 18 heavy (non-hydrogen) atoms. The molecule has 0 fully saturated rings. The van der Waals surface area contributed by atoms with Crippen LogP contribution in [-0.4, -0.2) is 21.9 Å². The van der Waals surface area contributed by atoms with Crippen LogP contribution in [0.5, 0.6) is 0 Å². The van der Waals surface area contributed by atoms with Gasteiger partial charge in [0.1, 0.15) is 6.33 Å². The highest BCUT2D eigenvalue weighted by Gasteiger charge is 2.08. The maximum absolute atomic E-state index is 5.30. The van der Waals surface area contributed by atoms with Crippen LogP contribution in [0.15, 0.2) is 30.6 Å². The summed E-state index contributed by atoms with van der Waals surface area (Å²) in [5.74, 6) is 0.925. The molecule has 0 N–H and O–H groups in total. The van der Waals surface area contributed by atoms with Crippen molar-refractivity contribution in [2.45, 2.75) is 32.9 Å². The van der Waals surface area contributed by atoms with E-state index < -0.39 is 0 Å². The van der Waals surface area contributed by atoms with E-state index >= 15 is 0 Å². The third-order valence-corrected chi connectivity index (χ3v) is 3.04. The number of aromatic nitrogens is 3. The Morgan fingerprint density at radius 2 is 2.00 bits per heavy atom. The van der Waals surface area contributed by atoms with Crippen LogP contribution < -0.4 is 0 Å². The van der Waals surface area contributed by atoms with Crippen LogP contribution in [-0.2, 0) is 11.3 Å². The van der Waals surface area contributed by atoms with Gasteiger partial charge in [0.15, 0.2) is 5.82 Å². The summed E-state index contributed by atoms with van der Waals surface area (Å²) in [7, 11) is 1.72. The van der Waals surface area contributed by atoms with Gasteiger partial charge in [-0.1, -0.05) is 31.2 Å². The lowest BCUT2D eigenvalue weighted by Gasteiger charge is -2.10. The average Bonchev–Trinajstić information content (AvgIpc) is 2.87. The third kappa shape index (κ3) is 2.59. The Balaban J connectivity index is 2.26. The van der Waals surface area contributed by atoms with E-state index in [1.807, 2.05) is 11.6 Å². The fourth-order valence-electron chi connectivity index (χ4n) is 1.90. The molecule has 0 amide bonds. The fraction of sp³-hybridized carbons (Fsp3) is 0.429. The highest BCUT2D eigenvalue weighted by Crippen LogP contribution is 2.21. The van der Waals surface area contributed by atoms with E-state index in [0.29, 0.717) is 0 Å². The Bertz CT molecular complexity index is 490. The molecule has 0 radical (unpaired) electrons. The smallest absolute Gasteiger partial charge is 0.158 e. The van der Waals surface area contributed by atoms with Crippen LogP contribution in [0.1, 0.15) is 31.9 Å². The van der Waals surface area contributed by atoms with Gasteiger partial charge < -0.3 is 4.74 Å². The van der Waals surface area contributed by atoms with E-state index in [4.69, 9.17) is 4.74 Å². The van der Waals surface area contributed by atoms with Crippen molar-refractivity contribution in [2.75, 3.05) is 7.11 Å². The summed E-state index contributed by atoms with van der Waals surface area (Å²) in [4.78, 5) is 4.32. The molecule has 0 aliphatic carbocycles. The first-order chi connectivity index (χ1) is 8.76. The number of benzene rings is 1. The lowest BCUT2D eigenvalue weighted by atomic mass is 10.1. The minimum Gasteiger partial charge on any atom is -0.377 e. The third-order valence-electron chi connectivity index (χ3n) is 3.04. The highest BCUT2D eigenvalue weighted by molar-refractivity contribution is 5.55. The maximum atomic E-state index is 5.30. The SMILES string of the molecule is CCCn1ncnc1-c1ccc([C@@H](C)OC)cc1. The normalized spacial score (nSPS) is 12.6. The van der Waals surface area contributed by atoms with Crippen LogP contribution >= 0.6 is 0 Å². The first-order valence-electron chi connectivity index (χ1n) is 6.27. The molecule has 2 rings (SSSR count). The summed E-state index contributed by atoms with van der Waals surface area (Å²) in [5, 5.41) is 4.24. The Morgan fingerprint density at radius 3 is 2.61 bits per heavy atom. The molecule has 1 aromatic carbocycles. The number of hydrogen-bond acceptors (Lipinski definition) is 3. The first kappa shape index (κ1) is 12.8. The van der Waals surface area contributed by atoms with Gasteiger partial charge in [-0.2, -0.15) is 5.10 Å². The molecule has 4 heteroatoms. The topological polar surface area (TPSA) is 39.9 Å². The van der Waals surface area contributed by atoms with Crippen molar-refractivity contribution in [1.82, 2.24) is 14.8 Å². The summed E-state index contributed by atoms with van der Waals surface area (Å²) in [5.41, 5.74) is 2.26. The summed E-state index contributed by atoms with van der Waals surface area (Å²) in [6, 6.07) is 8.30. The molecule has 96 valence electrons. The molecule has 2 aromatic rings. The molecule has 0 spiro atoms. The number of rotatable bonds is 5. The van der Waals surface area contributed by atoms with Crippen molar-refractivity contribution in [3.63, 3.8) is 0 Å². The first-order valence-corrected chi connectivity index (χ1v) is 6.27. The van der Waals surface area contributed by atoms with Crippen LogP contribution in [0.4, 0.5) is 0 Å². The van der Waals surface area contributed by atoms with E-state index in [1.54, 1.807) is 13.4 Å². The minimum atomic E-state index is 0.118. The predicted molar refractivity (Wildman–Crippen MR) is 71.2 cm³/mol. The van der Waals surface area contributed by atoms with Gasteiger partial charge in [-0.15, -0.1) is 0 Å². The van der Waals surface area contributed by atoms with E-state index in [2.05, 4.69) is 41.3 Å². The molecular formula is C14H19N3O. The quantitative estimate of drug-likeness (QED) is 0.812. The predicted octanol–water partition coefficient (Wildman–Crippen LogP) is 3.06. The van der Waals surface area contributed by atoms with Gasteiger partial charge in [0, 0.05) is 19.2 Å². The van der Waals surface area contributed by atoms with Crippen LogP contribution in [0.3, 0.4) is 0 Å². The van der Waals surface area contributed by atoms with Crippen LogP contribution in [0.25, 0.3) is 11.4 Å². The van der Waals surface area contributed by atoms with Crippen LogP contribution in [0.2, 0.25) is 0 Å². The van der Waals surface area contributed by atoms with Gasteiger partial charge in [0.05, 0.1) is 6.10 Å². The standard InChI is InChI=1S/C14H19N3O/c1-4-9-17-14(15-10-16-17)13-7-5-12(6-8-13)11(2)18-3/h5-8,10-11H,4,9H2,1-3H3/t11-/m1/s1. The summed E-state index contributed by atoms with van der Waals surface area (Å²) < 4.78 is 7.24. The van der Waals surface area contributed by atoms with Crippen molar-refractivity contribution in [3.8, 4) is 11.4 Å². The second kappa shape index (κ2) is 5.78.